The predicted octanol–water partition coefficient (Wildman–Crippen LogP) is 5.32. The van der Waals surface area contributed by atoms with Crippen LogP contribution in [0.2, 0.25) is 0 Å². The summed E-state index contributed by atoms with van der Waals surface area (Å²) in [7, 11) is 0. The lowest BCUT2D eigenvalue weighted by molar-refractivity contribution is -0.121. The minimum atomic E-state index is -0.827. The summed E-state index contributed by atoms with van der Waals surface area (Å²) in [5.41, 5.74) is 4.04. The van der Waals surface area contributed by atoms with Crippen molar-refractivity contribution in [1.29, 1.82) is 0 Å². The molecule has 4 nitrogen and oxygen atoms in total. The number of nitrogens with one attached hydrogen (secondary N) is 1. The average molecular weight is 388 g/mol. The zero-order chi connectivity index (χ0) is 21.5. The number of carbonyl (C=O) groups excluding carboxylic acids is 2. The Morgan fingerprint density at radius 2 is 1.61 bits per heavy atom. The van der Waals surface area contributed by atoms with Gasteiger partial charge in [0, 0.05) is 6.42 Å². The maximum atomic E-state index is 12.0. The van der Waals surface area contributed by atoms with Gasteiger partial charge in [0.05, 0.1) is 11.8 Å². The van der Waals surface area contributed by atoms with Crippen molar-refractivity contribution >= 4 is 11.7 Å². The van der Waals surface area contributed by atoms with E-state index >= 15 is 0 Å². The Morgan fingerprint density at radius 1 is 1.04 bits per heavy atom. The number of rotatable bonds is 9. The second-order valence-corrected chi connectivity index (χ2v) is 7.01. The lowest BCUT2D eigenvalue weighted by Gasteiger charge is -2.11. The van der Waals surface area contributed by atoms with Gasteiger partial charge < -0.3 is 10.4 Å². The van der Waals surface area contributed by atoms with Crippen LogP contribution >= 0.6 is 0 Å². The normalized spacial score (nSPS) is 16.8. The van der Waals surface area contributed by atoms with Gasteiger partial charge in [0.25, 0.3) is 0 Å². The Hall–Kier alpha value is -2.20. The molecule has 1 atom stereocenters. The highest BCUT2D eigenvalue weighted by atomic mass is 16.3. The van der Waals surface area contributed by atoms with Gasteiger partial charge in [-0.3, -0.25) is 9.59 Å². The van der Waals surface area contributed by atoms with Crippen molar-refractivity contribution in [3.63, 3.8) is 0 Å². The lowest BCUT2D eigenvalue weighted by Crippen LogP contribution is -2.29. The average Bonchev–Trinajstić information content (AvgIpc) is 2.64. The van der Waals surface area contributed by atoms with E-state index in [0.29, 0.717) is 0 Å². The van der Waals surface area contributed by atoms with Crippen LogP contribution in [-0.4, -0.2) is 22.9 Å². The maximum absolute atomic E-state index is 12.0. The maximum Gasteiger partial charge on any atom is 0.228 e. The molecule has 1 unspecified atom stereocenters. The highest BCUT2D eigenvalue weighted by Crippen LogP contribution is 2.12. The third-order valence-corrected chi connectivity index (χ3v) is 4.08. The molecule has 2 N–H and O–H groups in total. The fourth-order valence-corrected chi connectivity index (χ4v) is 2.49. The molecule has 1 rings (SSSR count). The van der Waals surface area contributed by atoms with Gasteiger partial charge in [0.2, 0.25) is 11.7 Å². The van der Waals surface area contributed by atoms with Crippen LogP contribution in [0.1, 0.15) is 73.6 Å². The Kier molecular flexibility index (Phi) is 13.6. The van der Waals surface area contributed by atoms with Gasteiger partial charge in [-0.05, 0) is 71.6 Å². The third-order valence-electron chi connectivity index (χ3n) is 4.08. The smallest absolute Gasteiger partial charge is 0.228 e. The van der Waals surface area contributed by atoms with Gasteiger partial charge in [0.15, 0.2) is 0 Å². The van der Waals surface area contributed by atoms with E-state index in [0.717, 1.165) is 31.3 Å². The molecule has 28 heavy (non-hydrogen) atoms. The number of ketones is 1. The second-order valence-electron chi connectivity index (χ2n) is 7.01. The summed E-state index contributed by atoms with van der Waals surface area (Å²) < 4.78 is 0. The van der Waals surface area contributed by atoms with E-state index in [2.05, 4.69) is 38.2 Å². The number of carbonyl (C=O) groups is 2. The topological polar surface area (TPSA) is 66.4 Å². The fourth-order valence-electron chi connectivity index (χ4n) is 2.49. The van der Waals surface area contributed by atoms with E-state index < -0.39 is 6.10 Å². The van der Waals surface area contributed by atoms with Gasteiger partial charge in [0.1, 0.15) is 0 Å². The summed E-state index contributed by atoms with van der Waals surface area (Å²) in [6.45, 7) is 12.4. The first-order chi connectivity index (χ1) is 13.3. The minimum Gasteiger partial charge on any atom is -0.385 e. The monoisotopic (exact) mass is 387 g/mol. The van der Waals surface area contributed by atoms with Gasteiger partial charge in [-0.2, -0.15) is 0 Å². The standard InChI is InChI=1S/C22H31NO3.C2H6/c1-16(2)7-5-8-17(3)9-6-10-18(4)11-14-22(26)23-20-15-19(24)12-13-21(20)25;1-2/h7,9,11-13,15,19,24H,5-6,8,10,14H2,1-4H3,(H,23,26);1-2H3/b17-9+,18-11+;. The third kappa shape index (κ3) is 12.2. The lowest BCUT2D eigenvalue weighted by atomic mass is 10.1. The summed E-state index contributed by atoms with van der Waals surface area (Å²) >= 11 is 0. The van der Waals surface area contributed by atoms with Crippen molar-refractivity contribution in [2.75, 3.05) is 0 Å². The predicted molar refractivity (Wildman–Crippen MR) is 118 cm³/mol. The van der Waals surface area contributed by atoms with Crippen LogP contribution in [0.5, 0.6) is 0 Å². The van der Waals surface area contributed by atoms with Crippen molar-refractivity contribution < 1.29 is 14.7 Å². The molecule has 0 aromatic rings. The molecule has 0 heterocycles. The summed E-state index contributed by atoms with van der Waals surface area (Å²) in [6, 6.07) is 0. The first-order valence-corrected chi connectivity index (χ1v) is 10.1. The van der Waals surface area contributed by atoms with Crippen LogP contribution in [0.25, 0.3) is 0 Å². The summed E-state index contributed by atoms with van der Waals surface area (Å²) in [5, 5.41) is 12.0. The molecule has 0 spiro atoms. The number of amides is 1. The Bertz CT molecular complexity index is 659. The summed E-state index contributed by atoms with van der Waals surface area (Å²) in [6.07, 6.45) is 13.8. The van der Waals surface area contributed by atoms with Crippen molar-refractivity contribution in [3.05, 3.63) is 58.9 Å². The molecule has 156 valence electrons. The van der Waals surface area contributed by atoms with Gasteiger partial charge in [-0.15, -0.1) is 0 Å². The fraction of sp³-hybridized carbons (Fsp3) is 0.500. The molecule has 4 heteroatoms. The van der Waals surface area contributed by atoms with Crippen molar-refractivity contribution in [2.45, 2.75) is 79.8 Å². The molecule has 1 aliphatic carbocycles. The molecule has 0 radical (unpaired) electrons. The molecule has 0 aromatic carbocycles. The van der Waals surface area contributed by atoms with Crippen molar-refractivity contribution in [1.82, 2.24) is 5.32 Å². The van der Waals surface area contributed by atoms with E-state index in [-0.39, 0.29) is 23.8 Å². The molecule has 1 amide bonds. The zero-order valence-corrected chi connectivity index (χ0v) is 18.3. The number of hydrogen-bond acceptors (Lipinski definition) is 3. The highest BCUT2D eigenvalue weighted by molar-refractivity contribution is 6.07. The summed E-state index contributed by atoms with van der Waals surface area (Å²) in [5.74, 6) is -0.544. The minimum absolute atomic E-state index is 0.144. The molecule has 0 saturated carbocycles. The first-order valence-electron chi connectivity index (χ1n) is 10.1. The molecular weight excluding hydrogens is 350 g/mol. The van der Waals surface area contributed by atoms with Crippen LogP contribution in [0.15, 0.2) is 58.9 Å². The van der Waals surface area contributed by atoms with Crippen LogP contribution in [0.3, 0.4) is 0 Å². The molecule has 0 fully saturated rings. The van der Waals surface area contributed by atoms with Gasteiger partial charge in [-0.1, -0.05) is 48.8 Å². The molecule has 0 saturated heterocycles. The van der Waals surface area contributed by atoms with E-state index in [1.54, 1.807) is 0 Å². The molecule has 0 bridgehead atoms. The first kappa shape index (κ1) is 25.8. The SMILES string of the molecule is CC.CC(C)=CCC/C(C)=C/CC/C(C)=C/CC(=O)NC1=CC(O)C=CC1=O. The molecule has 0 aliphatic heterocycles. The van der Waals surface area contributed by atoms with Gasteiger partial charge >= 0.3 is 0 Å². The van der Waals surface area contributed by atoms with Crippen LogP contribution in [0.4, 0.5) is 0 Å². The Balaban J connectivity index is 0.00000352. The second kappa shape index (κ2) is 14.8. The number of aliphatic hydroxyl groups excluding tert-OH is 1. The zero-order valence-electron chi connectivity index (χ0n) is 18.3. The highest BCUT2D eigenvalue weighted by Gasteiger charge is 2.15. The van der Waals surface area contributed by atoms with E-state index in [1.807, 2.05) is 26.8 Å². The number of aliphatic hydroxyl groups is 1. The molecule has 1 aliphatic rings. The van der Waals surface area contributed by atoms with Crippen molar-refractivity contribution in [2.24, 2.45) is 0 Å². The van der Waals surface area contributed by atoms with Gasteiger partial charge in [-0.25, -0.2) is 0 Å². The van der Waals surface area contributed by atoms with Crippen LogP contribution < -0.4 is 5.32 Å². The Morgan fingerprint density at radius 3 is 2.21 bits per heavy atom. The Labute approximate surface area is 170 Å². The van der Waals surface area contributed by atoms with E-state index in [4.69, 9.17) is 0 Å². The number of hydrogen-bond donors (Lipinski definition) is 2. The molecule has 0 aromatic heterocycles. The number of allylic oxidation sites excluding steroid dienone is 6. The van der Waals surface area contributed by atoms with E-state index in [1.165, 1.54) is 29.4 Å². The summed E-state index contributed by atoms with van der Waals surface area (Å²) in [4.78, 5) is 23.6. The van der Waals surface area contributed by atoms with Crippen LogP contribution in [-0.2, 0) is 9.59 Å². The van der Waals surface area contributed by atoms with Crippen molar-refractivity contribution in [3.8, 4) is 0 Å². The largest absolute Gasteiger partial charge is 0.385 e. The molecular formula is C24H37NO3. The van der Waals surface area contributed by atoms with Crippen LogP contribution in [0, 0.1) is 0 Å². The van der Waals surface area contributed by atoms with E-state index in [9.17, 15) is 14.7 Å². The quantitative estimate of drug-likeness (QED) is 0.526.